The molecule has 0 spiro atoms. The van der Waals surface area contributed by atoms with E-state index in [2.05, 4.69) is 25.8 Å². The summed E-state index contributed by atoms with van der Waals surface area (Å²) in [5.41, 5.74) is 0.956. The minimum absolute atomic E-state index is 0.0666. The Morgan fingerprint density at radius 1 is 1.10 bits per heavy atom. The highest BCUT2D eigenvalue weighted by atomic mass is 32.2. The molecule has 1 aromatic carbocycles. The first-order valence-electron chi connectivity index (χ1n) is 6.74. The van der Waals surface area contributed by atoms with Gasteiger partial charge in [0.2, 0.25) is 0 Å². The first kappa shape index (κ1) is 22.0. The maximum Gasteiger partial charge on any atom is 0.294 e. The molecule has 0 amide bonds. The van der Waals surface area contributed by atoms with Crippen molar-refractivity contribution in [2.45, 2.75) is 39.5 Å². The van der Waals surface area contributed by atoms with Crippen molar-refractivity contribution < 1.29 is 17.8 Å². The molecule has 0 saturated heterocycles. The molecule has 0 atom stereocenters. The van der Waals surface area contributed by atoms with E-state index in [0.29, 0.717) is 0 Å². The zero-order valence-electron chi connectivity index (χ0n) is 13.8. The molecule has 21 heavy (non-hydrogen) atoms. The molecule has 0 unspecified atom stereocenters. The highest BCUT2D eigenvalue weighted by molar-refractivity contribution is 7.85. The summed E-state index contributed by atoms with van der Waals surface area (Å²) in [7, 11) is -1.91. The lowest BCUT2D eigenvalue weighted by Crippen LogP contribution is -2.15. The minimum Gasteiger partial charge on any atom is -0.307 e. The Balaban J connectivity index is 0. The Morgan fingerprint density at radius 2 is 1.43 bits per heavy atom. The molecule has 0 aliphatic rings. The van der Waals surface area contributed by atoms with Crippen molar-refractivity contribution in [3.05, 3.63) is 29.8 Å². The summed E-state index contributed by atoms with van der Waals surface area (Å²) < 4.78 is 29.6. The van der Waals surface area contributed by atoms with Crippen molar-refractivity contribution >= 4 is 15.9 Å². The first-order chi connectivity index (χ1) is 9.54. The molecule has 0 aromatic heterocycles. The Labute approximate surface area is 128 Å². The van der Waals surface area contributed by atoms with Gasteiger partial charge in [-0.3, -0.25) is 4.55 Å². The van der Waals surface area contributed by atoms with Crippen molar-refractivity contribution in [3.63, 3.8) is 0 Å². The lowest BCUT2D eigenvalue weighted by Gasteiger charge is -2.07. The second-order valence-electron chi connectivity index (χ2n) is 4.68. The SMILES string of the molecule is CC(C)=O.CCN(C)CC.Cc1ccc(S(=O)(=O)O)cc1. The number of hydrogen-bond donors (Lipinski definition) is 1. The molecule has 0 heterocycles. The zero-order chi connectivity index (χ0) is 17.1. The predicted octanol–water partition coefficient (Wildman–Crippen LogP) is 2.80. The molecule has 0 radical (unpaired) electrons. The number of carbonyl (C=O) groups excluding carboxylic acids is 1. The zero-order valence-corrected chi connectivity index (χ0v) is 14.6. The largest absolute Gasteiger partial charge is 0.307 e. The Morgan fingerprint density at radius 3 is 1.62 bits per heavy atom. The fourth-order valence-corrected chi connectivity index (χ4v) is 1.41. The van der Waals surface area contributed by atoms with E-state index < -0.39 is 10.1 Å². The molecule has 1 rings (SSSR count). The number of aryl methyl sites for hydroxylation is 1. The molecule has 0 aliphatic carbocycles. The molecule has 0 fully saturated rings. The quantitative estimate of drug-likeness (QED) is 0.868. The molecule has 1 N–H and O–H groups in total. The topological polar surface area (TPSA) is 74.7 Å². The third-order valence-corrected chi connectivity index (χ3v) is 3.27. The van der Waals surface area contributed by atoms with E-state index in [0.717, 1.165) is 18.7 Å². The van der Waals surface area contributed by atoms with Gasteiger partial charge >= 0.3 is 0 Å². The lowest BCUT2D eigenvalue weighted by atomic mass is 10.2. The number of ketones is 1. The first-order valence-corrected chi connectivity index (χ1v) is 8.18. The molecule has 1 aromatic rings. The van der Waals surface area contributed by atoms with E-state index in [4.69, 9.17) is 4.55 Å². The van der Waals surface area contributed by atoms with E-state index in [1.54, 1.807) is 12.1 Å². The van der Waals surface area contributed by atoms with Crippen LogP contribution in [0.25, 0.3) is 0 Å². The molecule has 5 nitrogen and oxygen atoms in total. The second-order valence-corrected chi connectivity index (χ2v) is 6.11. The Kier molecular flexibility index (Phi) is 12.0. The fraction of sp³-hybridized carbons (Fsp3) is 0.533. The summed E-state index contributed by atoms with van der Waals surface area (Å²) in [6.07, 6.45) is 0. The van der Waals surface area contributed by atoms with Crippen molar-refractivity contribution in [2.75, 3.05) is 20.1 Å². The van der Waals surface area contributed by atoms with Gasteiger partial charge in [-0.1, -0.05) is 31.5 Å². The van der Waals surface area contributed by atoms with E-state index in [1.807, 2.05) is 6.92 Å². The molecule has 122 valence electrons. The van der Waals surface area contributed by atoms with E-state index in [-0.39, 0.29) is 10.7 Å². The molecule has 0 aliphatic heterocycles. The minimum atomic E-state index is -4.02. The summed E-state index contributed by atoms with van der Waals surface area (Å²) in [6, 6.07) is 5.99. The Hall–Kier alpha value is -1.24. The molecule has 6 heteroatoms. The number of hydrogen-bond acceptors (Lipinski definition) is 4. The monoisotopic (exact) mass is 317 g/mol. The van der Waals surface area contributed by atoms with Gasteiger partial charge in [0.05, 0.1) is 4.90 Å². The van der Waals surface area contributed by atoms with Crippen LogP contribution in [-0.2, 0) is 14.9 Å². The maximum absolute atomic E-state index is 10.5. The normalized spacial score (nSPS) is 10.1. The third-order valence-electron chi connectivity index (χ3n) is 2.40. The number of benzene rings is 1. The molecule has 0 saturated carbocycles. The van der Waals surface area contributed by atoms with E-state index in [1.165, 1.54) is 26.0 Å². The number of carbonyl (C=O) groups is 1. The van der Waals surface area contributed by atoms with Crippen molar-refractivity contribution in [1.29, 1.82) is 0 Å². The van der Waals surface area contributed by atoms with Crippen LogP contribution in [0.2, 0.25) is 0 Å². The van der Waals surface area contributed by atoms with Gasteiger partial charge in [0, 0.05) is 0 Å². The average molecular weight is 317 g/mol. The number of rotatable bonds is 3. The standard InChI is InChI=1S/C7H8O3S.C5H13N.C3H6O/c1-6-2-4-7(5-3-6)11(8,9)10;1-4-6(3)5-2;1-3(2)4/h2-5H,1H3,(H,8,9,10);4-5H2,1-3H3;1-2H3. The van der Waals surface area contributed by atoms with Gasteiger partial charge in [0.1, 0.15) is 5.78 Å². The highest BCUT2D eigenvalue weighted by Gasteiger charge is 2.06. The summed E-state index contributed by atoms with van der Waals surface area (Å²) in [5.74, 6) is 0.167. The van der Waals surface area contributed by atoms with E-state index >= 15 is 0 Å². The van der Waals surface area contributed by atoms with Gasteiger partial charge in [0.15, 0.2) is 0 Å². The van der Waals surface area contributed by atoms with Crippen LogP contribution < -0.4 is 0 Å². The number of Topliss-reactive ketones (excluding diaryl/α,β-unsaturated/α-hetero) is 1. The van der Waals surface area contributed by atoms with Crippen LogP contribution in [-0.4, -0.2) is 43.8 Å². The van der Waals surface area contributed by atoms with E-state index in [9.17, 15) is 13.2 Å². The third kappa shape index (κ3) is 15.0. The van der Waals surface area contributed by atoms with Crippen LogP contribution in [0.3, 0.4) is 0 Å². The Bertz CT molecular complexity index is 487. The maximum atomic E-state index is 10.5. The van der Waals surface area contributed by atoms with Crippen LogP contribution in [0.4, 0.5) is 0 Å². The van der Waals surface area contributed by atoms with Gasteiger partial charge in [-0.2, -0.15) is 8.42 Å². The van der Waals surface area contributed by atoms with Gasteiger partial charge in [-0.05, 0) is 53.0 Å². The second kappa shape index (κ2) is 11.4. The van der Waals surface area contributed by atoms with Crippen molar-refractivity contribution in [1.82, 2.24) is 4.90 Å². The van der Waals surface area contributed by atoms with Crippen LogP contribution >= 0.6 is 0 Å². The molecule has 0 bridgehead atoms. The summed E-state index contributed by atoms with van der Waals surface area (Å²) >= 11 is 0. The number of nitrogens with zero attached hydrogens (tertiary/aromatic N) is 1. The van der Waals surface area contributed by atoms with Crippen molar-refractivity contribution in [3.8, 4) is 0 Å². The van der Waals surface area contributed by atoms with Gasteiger partial charge in [-0.25, -0.2) is 0 Å². The average Bonchev–Trinajstić information content (AvgIpc) is 2.37. The summed E-state index contributed by atoms with van der Waals surface area (Å²) in [5, 5.41) is 0. The summed E-state index contributed by atoms with van der Waals surface area (Å²) in [6.45, 7) is 11.5. The molecular weight excluding hydrogens is 290 g/mol. The smallest absolute Gasteiger partial charge is 0.294 e. The summed E-state index contributed by atoms with van der Waals surface area (Å²) in [4.78, 5) is 11.6. The van der Waals surface area contributed by atoms with Crippen molar-refractivity contribution in [2.24, 2.45) is 0 Å². The van der Waals surface area contributed by atoms with Gasteiger partial charge < -0.3 is 9.69 Å². The van der Waals surface area contributed by atoms with Gasteiger partial charge in [-0.15, -0.1) is 0 Å². The van der Waals surface area contributed by atoms with Crippen LogP contribution in [0, 0.1) is 6.92 Å². The van der Waals surface area contributed by atoms with Gasteiger partial charge in [0.25, 0.3) is 10.1 Å². The highest BCUT2D eigenvalue weighted by Crippen LogP contribution is 2.08. The predicted molar refractivity (Wildman–Crippen MR) is 86.2 cm³/mol. The lowest BCUT2D eigenvalue weighted by molar-refractivity contribution is -0.114. The van der Waals surface area contributed by atoms with Crippen LogP contribution in [0.5, 0.6) is 0 Å². The van der Waals surface area contributed by atoms with Crippen LogP contribution in [0.15, 0.2) is 29.2 Å². The molecular formula is C15H27NO4S. The van der Waals surface area contributed by atoms with Crippen LogP contribution in [0.1, 0.15) is 33.3 Å². The fourth-order valence-electron chi connectivity index (χ4n) is 0.934.